The molecule has 2 rings (SSSR count). The number of halogens is 1. The van der Waals surface area contributed by atoms with Crippen molar-refractivity contribution in [3.63, 3.8) is 0 Å². The summed E-state index contributed by atoms with van der Waals surface area (Å²) in [5.41, 5.74) is 1.38. The minimum Gasteiger partial charge on any atom is -0.299 e. The van der Waals surface area contributed by atoms with Gasteiger partial charge in [-0.1, -0.05) is 28.1 Å². The first-order chi connectivity index (χ1) is 6.75. The van der Waals surface area contributed by atoms with E-state index >= 15 is 0 Å². The molecule has 0 saturated carbocycles. The molecule has 0 radical (unpaired) electrons. The maximum Gasteiger partial charge on any atom is 0.0791 e. The predicted molar refractivity (Wildman–Crippen MR) is 66.6 cm³/mol. The zero-order valence-corrected chi connectivity index (χ0v) is 10.6. The first-order valence-corrected chi connectivity index (χ1v) is 6.73. The Kier molecular flexibility index (Phi) is 3.52. The number of nitrogens with one attached hydrogen (secondary N) is 1. The Morgan fingerprint density at radius 3 is 2.71 bits per heavy atom. The lowest BCUT2D eigenvalue weighted by Gasteiger charge is -2.28. The highest BCUT2D eigenvalue weighted by atomic mass is 79.9. The normalized spacial score (nSPS) is 27.6. The van der Waals surface area contributed by atoms with Crippen LogP contribution in [0.5, 0.6) is 0 Å². The summed E-state index contributed by atoms with van der Waals surface area (Å²) in [7, 11) is 0. The zero-order chi connectivity index (χ0) is 9.97. The van der Waals surface area contributed by atoms with E-state index in [1.165, 1.54) is 17.7 Å². The third kappa shape index (κ3) is 2.53. The SMILES string of the molecule is CC1CCSC(c2ccc(Br)cc2)N1. The summed E-state index contributed by atoms with van der Waals surface area (Å²) < 4.78 is 1.15. The Labute approximate surface area is 97.8 Å². The molecule has 1 aromatic rings. The van der Waals surface area contributed by atoms with Crippen LogP contribution < -0.4 is 5.32 Å². The highest BCUT2D eigenvalue weighted by molar-refractivity contribution is 9.10. The van der Waals surface area contributed by atoms with E-state index in [2.05, 4.69) is 52.4 Å². The van der Waals surface area contributed by atoms with Crippen molar-refractivity contribution in [1.82, 2.24) is 5.32 Å². The smallest absolute Gasteiger partial charge is 0.0791 e. The predicted octanol–water partition coefficient (Wildman–Crippen LogP) is 3.56. The minimum atomic E-state index is 0.479. The van der Waals surface area contributed by atoms with Gasteiger partial charge in [-0.25, -0.2) is 0 Å². The molecule has 1 aromatic carbocycles. The molecule has 0 amide bonds. The maximum absolute atomic E-state index is 3.60. The van der Waals surface area contributed by atoms with Crippen molar-refractivity contribution in [2.45, 2.75) is 24.8 Å². The van der Waals surface area contributed by atoms with Gasteiger partial charge < -0.3 is 0 Å². The van der Waals surface area contributed by atoms with E-state index in [-0.39, 0.29) is 0 Å². The van der Waals surface area contributed by atoms with Crippen LogP contribution in [-0.4, -0.2) is 11.8 Å². The standard InChI is InChI=1S/C11H14BrNS/c1-8-6-7-14-11(13-8)9-2-4-10(12)5-3-9/h2-5,8,11,13H,6-7H2,1H3. The molecule has 0 aromatic heterocycles. The molecule has 76 valence electrons. The second kappa shape index (κ2) is 4.69. The van der Waals surface area contributed by atoms with E-state index in [1.54, 1.807) is 0 Å². The van der Waals surface area contributed by atoms with Gasteiger partial charge in [0, 0.05) is 10.5 Å². The van der Waals surface area contributed by atoms with Gasteiger partial charge in [-0.3, -0.25) is 5.32 Å². The third-order valence-electron chi connectivity index (χ3n) is 2.44. The van der Waals surface area contributed by atoms with Gasteiger partial charge in [0.2, 0.25) is 0 Å². The van der Waals surface area contributed by atoms with Crippen LogP contribution in [0.4, 0.5) is 0 Å². The second-order valence-corrected chi connectivity index (χ2v) is 5.79. The van der Waals surface area contributed by atoms with E-state index in [9.17, 15) is 0 Å². The van der Waals surface area contributed by atoms with Crippen LogP contribution >= 0.6 is 27.7 Å². The highest BCUT2D eigenvalue weighted by Crippen LogP contribution is 2.31. The van der Waals surface area contributed by atoms with Gasteiger partial charge in [-0.15, -0.1) is 11.8 Å². The summed E-state index contributed by atoms with van der Waals surface area (Å²) in [4.78, 5) is 0. The lowest BCUT2D eigenvalue weighted by atomic mass is 10.2. The van der Waals surface area contributed by atoms with Gasteiger partial charge in [0.05, 0.1) is 5.37 Å². The molecule has 0 spiro atoms. The van der Waals surface area contributed by atoms with Gasteiger partial charge in [0.15, 0.2) is 0 Å². The summed E-state index contributed by atoms with van der Waals surface area (Å²) in [6, 6.07) is 9.23. The summed E-state index contributed by atoms with van der Waals surface area (Å²) in [6.45, 7) is 2.26. The van der Waals surface area contributed by atoms with Gasteiger partial charge >= 0.3 is 0 Å². The molecule has 1 heterocycles. The molecule has 1 N–H and O–H groups in total. The highest BCUT2D eigenvalue weighted by Gasteiger charge is 2.19. The van der Waals surface area contributed by atoms with Crippen LogP contribution in [0, 0.1) is 0 Å². The Morgan fingerprint density at radius 2 is 2.07 bits per heavy atom. The van der Waals surface area contributed by atoms with E-state index < -0.39 is 0 Å². The fourth-order valence-corrected chi connectivity index (χ4v) is 3.25. The van der Waals surface area contributed by atoms with Crippen LogP contribution in [0.25, 0.3) is 0 Å². The molecular weight excluding hydrogens is 258 g/mol. The molecule has 2 unspecified atom stereocenters. The van der Waals surface area contributed by atoms with Crippen molar-refractivity contribution in [2.75, 3.05) is 5.75 Å². The lowest BCUT2D eigenvalue weighted by molar-refractivity contribution is 0.512. The van der Waals surface area contributed by atoms with Gasteiger partial charge in [-0.2, -0.15) is 0 Å². The molecule has 14 heavy (non-hydrogen) atoms. The fraction of sp³-hybridized carbons (Fsp3) is 0.455. The molecule has 0 aliphatic carbocycles. The van der Waals surface area contributed by atoms with Crippen LogP contribution in [-0.2, 0) is 0 Å². The van der Waals surface area contributed by atoms with E-state index in [0.717, 1.165) is 4.47 Å². The Morgan fingerprint density at radius 1 is 1.36 bits per heavy atom. The maximum atomic E-state index is 3.60. The first-order valence-electron chi connectivity index (χ1n) is 4.89. The number of thioether (sulfide) groups is 1. The molecule has 1 aliphatic rings. The lowest BCUT2D eigenvalue weighted by Crippen LogP contribution is -2.33. The monoisotopic (exact) mass is 271 g/mol. The Hall–Kier alpha value is 0.01000. The van der Waals surface area contributed by atoms with Gasteiger partial charge in [0.1, 0.15) is 0 Å². The van der Waals surface area contributed by atoms with E-state index in [1.807, 2.05) is 11.8 Å². The molecule has 1 saturated heterocycles. The summed E-state index contributed by atoms with van der Waals surface area (Å²) in [5, 5.41) is 4.08. The van der Waals surface area contributed by atoms with Crippen LogP contribution in [0.2, 0.25) is 0 Å². The molecule has 0 bridgehead atoms. The van der Waals surface area contributed by atoms with E-state index in [4.69, 9.17) is 0 Å². The minimum absolute atomic E-state index is 0.479. The van der Waals surface area contributed by atoms with Crippen molar-refractivity contribution in [1.29, 1.82) is 0 Å². The number of rotatable bonds is 1. The summed E-state index contributed by atoms with van der Waals surface area (Å²) in [5.74, 6) is 1.26. The third-order valence-corrected chi connectivity index (χ3v) is 4.19. The number of hydrogen-bond donors (Lipinski definition) is 1. The summed E-state index contributed by atoms with van der Waals surface area (Å²) in [6.07, 6.45) is 1.28. The molecule has 1 nitrogen and oxygen atoms in total. The van der Waals surface area contributed by atoms with Crippen molar-refractivity contribution in [2.24, 2.45) is 0 Å². The number of hydrogen-bond acceptors (Lipinski definition) is 2. The van der Waals surface area contributed by atoms with Crippen molar-refractivity contribution in [3.8, 4) is 0 Å². The first kappa shape index (κ1) is 10.5. The van der Waals surface area contributed by atoms with Crippen molar-refractivity contribution < 1.29 is 0 Å². The Bertz CT molecular complexity index is 299. The van der Waals surface area contributed by atoms with E-state index in [0.29, 0.717) is 11.4 Å². The molecule has 1 fully saturated rings. The summed E-state index contributed by atoms with van der Waals surface area (Å²) >= 11 is 5.45. The number of benzene rings is 1. The topological polar surface area (TPSA) is 12.0 Å². The molecule has 2 atom stereocenters. The Balaban J connectivity index is 2.10. The van der Waals surface area contributed by atoms with Crippen molar-refractivity contribution >= 4 is 27.7 Å². The average Bonchev–Trinajstić information content (AvgIpc) is 2.19. The van der Waals surface area contributed by atoms with Crippen LogP contribution in [0.15, 0.2) is 28.7 Å². The van der Waals surface area contributed by atoms with Crippen LogP contribution in [0.3, 0.4) is 0 Å². The molecule has 1 aliphatic heterocycles. The second-order valence-electron chi connectivity index (χ2n) is 3.66. The van der Waals surface area contributed by atoms with Gasteiger partial charge in [-0.05, 0) is 36.8 Å². The van der Waals surface area contributed by atoms with Crippen molar-refractivity contribution in [3.05, 3.63) is 34.3 Å². The molecular formula is C11H14BrNS. The largest absolute Gasteiger partial charge is 0.299 e. The van der Waals surface area contributed by atoms with Crippen LogP contribution in [0.1, 0.15) is 24.3 Å². The average molecular weight is 272 g/mol. The molecule has 3 heteroatoms. The van der Waals surface area contributed by atoms with Gasteiger partial charge in [0.25, 0.3) is 0 Å². The fourth-order valence-electron chi connectivity index (χ4n) is 1.58. The zero-order valence-electron chi connectivity index (χ0n) is 8.16. The quantitative estimate of drug-likeness (QED) is 0.839.